The van der Waals surface area contributed by atoms with Crippen LogP contribution >= 0.6 is 11.6 Å². The van der Waals surface area contributed by atoms with Crippen molar-refractivity contribution in [3.63, 3.8) is 0 Å². The van der Waals surface area contributed by atoms with Gasteiger partial charge in [0.2, 0.25) is 0 Å². The number of rotatable bonds is 4. The number of aromatic amines is 1. The van der Waals surface area contributed by atoms with Crippen molar-refractivity contribution < 1.29 is 4.74 Å². The Balaban J connectivity index is 2.02. The molecule has 0 aliphatic heterocycles. The molecule has 0 amide bonds. The molecule has 0 saturated heterocycles. The molecule has 2 N–H and O–H groups in total. The predicted molar refractivity (Wildman–Crippen MR) is 63.9 cm³/mol. The van der Waals surface area contributed by atoms with Gasteiger partial charge in [0.15, 0.2) is 0 Å². The van der Waals surface area contributed by atoms with E-state index in [1.807, 2.05) is 24.3 Å². The summed E-state index contributed by atoms with van der Waals surface area (Å²) < 4.78 is 5.07. The minimum absolute atomic E-state index is 0.595. The third-order valence-corrected chi connectivity index (χ3v) is 2.49. The molecule has 0 bridgehead atoms. The number of benzene rings is 1. The van der Waals surface area contributed by atoms with Crippen LogP contribution < -0.4 is 10.1 Å². The molecule has 0 aliphatic rings. The van der Waals surface area contributed by atoms with E-state index in [0.717, 1.165) is 11.4 Å². The number of nitrogens with zero attached hydrogens (tertiary/aromatic N) is 1. The first-order valence-electron chi connectivity index (χ1n) is 4.85. The number of nitrogens with one attached hydrogen (secondary N) is 2. The first-order chi connectivity index (χ1) is 7.79. The van der Waals surface area contributed by atoms with Crippen molar-refractivity contribution in [1.29, 1.82) is 0 Å². The molecule has 0 fully saturated rings. The lowest BCUT2D eigenvalue weighted by atomic mass is 10.3. The van der Waals surface area contributed by atoms with E-state index in [9.17, 15) is 0 Å². The maximum absolute atomic E-state index is 6.01. The van der Waals surface area contributed by atoms with Crippen molar-refractivity contribution in [3.8, 4) is 5.75 Å². The van der Waals surface area contributed by atoms with Gasteiger partial charge < -0.3 is 10.1 Å². The lowest BCUT2D eigenvalue weighted by molar-refractivity contribution is 0.415. The van der Waals surface area contributed by atoms with Gasteiger partial charge in [0.05, 0.1) is 24.4 Å². The minimum atomic E-state index is 0.595. The molecule has 5 heteroatoms. The van der Waals surface area contributed by atoms with Crippen LogP contribution in [0.2, 0.25) is 5.02 Å². The molecular weight excluding hydrogens is 226 g/mol. The fourth-order valence-corrected chi connectivity index (χ4v) is 1.61. The molecule has 0 unspecified atom stereocenters. The van der Waals surface area contributed by atoms with Crippen LogP contribution in [0.15, 0.2) is 30.5 Å². The summed E-state index contributed by atoms with van der Waals surface area (Å²) in [7, 11) is 1.60. The molecule has 1 aromatic heterocycles. The Labute approximate surface area is 98.6 Å². The topological polar surface area (TPSA) is 49.9 Å². The van der Waals surface area contributed by atoms with Gasteiger partial charge in [0, 0.05) is 11.9 Å². The van der Waals surface area contributed by atoms with E-state index in [0.29, 0.717) is 17.3 Å². The van der Waals surface area contributed by atoms with Crippen LogP contribution in [0.5, 0.6) is 5.75 Å². The van der Waals surface area contributed by atoms with Crippen molar-refractivity contribution >= 4 is 17.3 Å². The molecule has 1 aromatic carbocycles. The van der Waals surface area contributed by atoms with Gasteiger partial charge >= 0.3 is 0 Å². The lowest BCUT2D eigenvalue weighted by Gasteiger charge is -2.07. The molecule has 4 nitrogen and oxygen atoms in total. The Kier molecular flexibility index (Phi) is 3.31. The van der Waals surface area contributed by atoms with Crippen molar-refractivity contribution in [1.82, 2.24) is 10.2 Å². The highest BCUT2D eigenvalue weighted by Gasteiger charge is 2.01. The monoisotopic (exact) mass is 237 g/mol. The van der Waals surface area contributed by atoms with E-state index in [2.05, 4.69) is 15.5 Å². The smallest absolute Gasteiger partial charge is 0.137 e. The van der Waals surface area contributed by atoms with Gasteiger partial charge in [-0.15, -0.1) is 0 Å². The van der Waals surface area contributed by atoms with Gasteiger partial charge in [-0.2, -0.15) is 5.10 Å². The zero-order valence-corrected chi connectivity index (χ0v) is 9.58. The van der Waals surface area contributed by atoms with E-state index in [-0.39, 0.29) is 0 Å². The Morgan fingerprint density at radius 1 is 1.44 bits per heavy atom. The molecule has 2 aromatic rings. The minimum Gasteiger partial charge on any atom is -0.495 e. The molecule has 0 atom stereocenters. The average molecular weight is 238 g/mol. The fraction of sp³-hybridized carbons (Fsp3) is 0.182. The van der Waals surface area contributed by atoms with Crippen LogP contribution in [0.25, 0.3) is 0 Å². The van der Waals surface area contributed by atoms with Gasteiger partial charge in [0.25, 0.3) is 0 Å². The lowest BCUT2D eigenvalue weighted by Crippen LogP contribution is -1.99. The van der Waals surface area contributed by atoms with Gasteiger partial charge in [-0.25, -0.2) is 0 Å². The summed E-state index contributed by atoms with van der Waals surface area (Å²) >= 11 is 6.01. The second-order valence-corrected chi connectivity index (χ2v) is 3.69. The van der Waals surface area contributed by atoms with E-state index < -0.39 is 0 Å². The molecular formula is C11H12ClN3O. The zero-order valence-electron chi connectivity index (χ0n) is 8.83. The molecule has 0 aliphatic carbocycles. The zero-order chi connectivity index (χ0) is 11.4. The third kappa shape index (κ3) is 2.46. The predicted octanol–water partition coefficient (Wildman–Crippen LogP) is 2.68. The summed E-state index contributed by atoms with van der Waals surface area (Å²) in [6.45, 7) is 0.683. The maximum Gasteiger partial charge on any atom is 0.137 e. The summed E-state index contributed by atoms with van der Waals surface area (Å²) in [5.74, 6) is 0.675. The van der Waals surface area contributed by atoms with Crippen molar-refractivity contribution in [2.24, 2.45) is 0 Å². The Morgan fingerprint density at radius 3 is 2.94 bits per heavy atom. The fourth-order valence-electron chi connectivity index (χ4n) is 1.36. The van der Waals surface area contributed by atoms with Gasteiger partial charge in [-0.1, -0.05) is 11.6 Å². The van der Waals surface area contributed by atoms with Crippen molar-refractivity contribution in [2.75, 3.05) is 12.4 Å². The molecule has 0 saturated carbocycles. The number of hydrogen-bond acceptors (Lipinski definition) is 3. The number of methoxy groups -OCH3 is 1. The van der Waals surface area contributed by atoms with Crippen LogP contribution in [0.3, 0.4) is 0 Å². The van der Waals surface area contributed by atoms with E-state index in [1.165, 1.54) is 0 Å². The number of ether oxygens (including phenoxy) is 1. The van der Waals surface area contributed by atoms with Crippen LogP contribution in [0.4, 0.5) is 5.69 Å². The average Bonchev–Trinajstić information content (AvgIpc) is 2.79. The summed E-state index contributed by atoms with van der Waals surface area (Å²) in [4.78, 5) is 0. The number of anilines is 1. The van der Waals surface area contributed by atoms with Gasteiger partial charge in [-0.3, -0.25) is 5.10 Å². The number of aromatic nitrogens is 2. The Morgan fingerprint density at radius 2 is 2.31 bits per heavy atom. The van der Waals surface area contributed by atoms with Gasteiger partial charge in [-0.05, 0) is 24.3 Å². The van der Waals surface area contributed by atoms with Crippen LogP contribution in [-0.4, -0.2) is 17.3 Å². The third-order valence-electron chi connectivity index (χ3n) is 2.19. The summed E-state index contributed by atoms with van der Waals surface area (Å²) in [5, 5.41) is 10.6. The first-order valence-corrected chi connectivity index (χ1v) is 5.23. The molecule has 84 valence electrons. The van der Waals surface area contributed by atoms with Crippen molar-refractivity contribution in [2.45, 2.75) is 6.54 Å². The second-order valence-electron chi connectivity index (χ2n) is 3.28. The van der Waals surface area contributed by atoms with Crippen molar-refractivity contribution in [3.05, 3.63) is 41.2 Å². The normalized spacial score (nSPS) is 10.1. The highest BCUT2D eigenvalue weighted by Crippen LogP contribution is 2.27. The Bertz CT molecular complexity index is 456. The highest BCUT2D eigenvalue weighted by atomic mass is 35.5. The molecule has 16 heavy (non-hydrogen) atoms. The SMILES string of the molecule is COc1ccc(NCc2ccn[nH]2)cc1Cl. The first kappa shape index (κ1) is 10.8. The van der Waals surface area contributed by atoms with E-state index in [4.69, 9.17) is 16.3 Å². The summed E-state index contributed by atoms with van der Waals surface area (Å²) in [5.41, 5.74) is 1.97. The molecule has 0 spiro atoms. The van der Waals surface area contributed by atoms with Crippen LogP contribution in [-0.2, 0) is 6.54 Å². The standard InChI is InChI=1S/C11H12ClN3O/c1-16-11-3-2-8(6-10(11)12)13-7-9-4-5-14-15-9/h2-6,13H,7H2,1H3,(H,14,15). The highest BCUT2D eigenvalue weighted by molar-refractivity contribution is 6.32. The quantitative estimate of drug-likeness (QED) is 0.860. The van der Waals surface area contributed by atoms with Gasteiger partial charge in [0.1, 0.15) is 5.75 Å². The van der Waals surface area contributed by atoms with Crippen LogP contribution in [0.1, 0.15) is 5.69 Å². The largest absolute Gasteiger partial charge is 0.495 e. The molecule has 0 radical (unpaired) electrons. The maximum atomic E-state index is 6.01. The number of hydrogen-bond donors (Lipinski definition) is 2. The Hall–Kier alpha value is -1.68. The number of halogens is 1. The summed E-state index contributed by atoms with van der Waals surface area (Å²) in [6, 6.07) is 7.49. The van der Waals surface area contributed by atoms with Crippen LogP contribution in [0, 0.1) is 0 Å². The second kappa shape index (κ2) is 4.90. The summed E-state index contributed by atoms with van der Waals surface area (Å²) in [6.07, 6.45) is 1.72. The molecule has 2 rings (SSSR count). The van der Waals surface area contributed by atoms with E-state index >= 15 is 0 Å². The molecule has 1 heterocycles. The number of H-pyrrole nitrogens is 1. The van der Waals surface area contributed by atoms with E-state index in [1.54, 1.807) is 13.3 Å².